The molecule has 0 spiro atoms. The Kier molecular flexibility index (Phi) is 1.95. The molecule has 0 aliphatic heterocycles. The summed E-state index contributed by atoms with van der Waals surface area (Å²) in [5.41, 5.74) is 1.77. The molecule has 0 aliphatic carbocycles. The van der Waals surface area contributed by atoms with E-state index in [2.05, 4.69) is 13.8 Å². The highest BCUT2D eigenvalue weighted by atomic mass is 16.5. The first-order valence-electron chi connectivity index (χ1n) is 3.06. The first-order valence-corrected chi connectivity index (χ1v) is 3.06. The van der Waals surface area contributed by atoms with Gasteiger partial charge in [-0.3, -0.25) is 0 Å². The van der Waals surface area contributed by atoms with Gasteiger partial charge < -0.3 is 4.74 Å². The van der Waals surface area contributed by atoms with Crippen molar-refractivity contribution in [1.82, 2.24) is 0 Å². The van der Waals surface area contributed by atoms with Crippen LogP contribution in [-0.4, -0.2) is 7.11 Å². The van der Waals surface area contributed by atoms with Gasteiger partial charge in [0.1, 0.15) is 5.75 Å². The maximum atomic E-state index is 5.05. The largest absolute Gasteiger partial charge is 0.496 e. The highest BCUT2D eigenvalue weighted by molar-refractivity contribution is 5.44. The topological polar surface area (TPSA) is 9.23 Å². The smallest absolute Gasteiger partial charge is 0.125 e. The molecule has 1 heteroatoms. The Bertz CT molecular complexity index is 208. The van der Waals surface area contributed by atoms with Gasteiger partial charge in [0.15, 0.2) is 0 Å². The number of hydrogen-bond donors (Lipinski definition) is 0. The van der Waals surface area contributed by atoms with Gasteiger partial charge in [-0.15, -0.1) is 0 Å². The van der Waals surface area contributed by atoms with Crippen molar-refractivity contribution in [1.29, 1.82) is 0 Å². The second kappa shape index (κ2) is 2.74. The fraction of sp³-hybridized carbons (Fsp3) is 0.111. The summed E-state index contributed by atoms with van der Waals surface area (Å²) >= 11 is 0. The molecule has 1 rings (SSSR count). The van der Waals surface area contributed by atoms with Gasteiger partial charge in [-0.2, -0.15) is 0 Å². The van der Waals surface area contributed by atoms with E-state index in [1.807, 2.05) is 18.2 Å². The van der Waals surface area contributed by atoms with Crippen molar-refractivity contribution in [3.8, 4) is 5.75 Å². The summed E-state index contributed by atoms with van der Waals surface area (Å²) in [4.78, 5) is 0. The van der Waals surface area contributed by atoms with Crippen LogP contribution in [0.1, 0.15) is 11.1 Å². The van der Waals surface area contributed by atoms with Gasteiger partial charge in [-0.05, 0) is 25.0 Å². The Labute approximate surface area is 61.6 Å². The van der Waals surface area contributed by atoms with Gasteiger partial charge in [0.25, 0.3) is 0 Å². The first-order chi connectivity index (χ1) is 4.75. The predicted molar refractivity (Wildman–Crippen MR) is 41.9 cm³/mol. The molecule has 0 aromatic heterocycles. The van der Waals surface area contributed by atoms with Crippen LogP contribution in [-0.2, 0) is 0 Å². The molecule has 0 fully saturated rings. The van der Waals surface area contributed by atoms with Crippen molar-refractivity contribution >= 4 is 0 Å². The van der Waals surface area contributed by atoms with Crippen molar-refractivity contribution in [3.05, 3.63) is 43.2 Å². The Morgan fingerprint density at radius 2 is 1.70 bits per heavy atom. The van der Waals surface area contributed by atoms with Crippen molar-refractivity contribution in [2.45, 2.75) is 0 Å². The normalized spacial score (nSPS) is 9.50. The molecule has 1 aromatic carbocycles. The number of hydrogen-bond acceptors (Lipinski definition) is 1. The fourth-order valence-corrected chi connectivity index (χ4v) is 0.900. The van der Waals surface area contributed by atoms with Crippen LogP contribution in [0.3, 0.4) is 0 Å². The predicted octanol–water partition coefficient (Wildman–Crippen LogP) is 2.06. The summed E-state index contributed by atoms with van der Waals surface area (Å²) in [5.74, 6) is 0.780. The summed E-state index contributed by atoms with van der Waals surface area (Å²) in [5, 5.41) is 0. The van der Waals surface area contributed by atoms with E-state index in [9.17, 15) is 0 Å². The van der Waals surface area contributed by atoms with Crippen molar-refractivity contribution in [3.63, 3.8) is 0 Å². The van der Waals surface area contributed by atoms with E-state index in [1.54, 1.807) is 7.11 Å². The van der Waals surface area contributed by atoms with Crippen LogP contribution in [0.5, 0.6) is 5.75 Å². The molecule has 0 heterocycles. The van der Waals surface area contributed by atoms with E-state index < -0.39 is 0 Å². The lowest BCUT2D eigenvalue weighted by Crippen LogP contribution is -1.89. The zero-order valence-electron chi connectivity index (χ0n) is 6.05. The number of ether oxygens (including phenoxy) is 1. The van der Waals surface area contributed by atoms with Crippen LogP contribution < -0.4 is 4.74 Å². The van der Waals surface area contributed by atoms with Gasteiger partial charge >= 0.3 is 0 Å². The average molecular weight is 134 g/mol. The molecule has 2 radical (unpaired) electrons. The summed E-state index contributed by atoms with van der Waals surface area (Å²) in [6.45, 7) is 7.57. The third-order valence-electron chi connectivity index (χ3n) is 1.38. The molecular weight excluding hydrogens is 124 g/mol. The van der Waals surface area contributed by atoms with E-state index in [4.69, 9.17) is 4.74 Å². The average Bonchev–Trinajstić information content (AvgIpc) is 1.88. The van der Waals surface area contributed by atoms with Crippen molar-refractivity contribution in [2.24, 2.45) is 0 Å². The van der Waals surface area contributed by atoms with Crippen LogP contribution in [0.2, 0.25) is 0 Å². The van der Waals surface area contributed by atoms with Crippen LogP contribution in [0.4, 0.5) is 0 Å². The lowest BCUT2D eigenvalue weighted by Gasteiger charge is -2.05. The third kappa shape index (κ3) is 1.13. The van der Waals surface area contributed by atoms with Gasteiger partial charge in [-0.25, -0.2) is 0 Å². The molecule has 1 aromatic rings. The molecule has 1 nitrogen and oxygen atoms in total. The molecule has 0 amide bonds. The monoisotopic (exact) mass is 134 g/mol. The van der Waals surface area contributed by atoms with Gasteiger partial charge in [0.2, 0.25) is 0 Å². The fourth-order valence-electron chi connectivity index (χ4n) is 0.900. The zero-order chi connectivity index (χ0) is 7.56. The van der Waals surface area contributed by atoms with Crippen LogP contribution >= 0.6 is 0 Å². The highest BCUT2D eigenvalue weighted by Crippen LogP contribution is 2.20. The Hall–Kier alpha value is -0.980. The van der Waals surface area contributed by atoms with Gasteiger partial charge in [0.05, 0.1) is 7.11 Å². The number of rotatable bonds is 1. The maximum absolute atomic E-state index is 5.05. The Morgan fingerprint density at radius 3 is 2.00 bits per heavy atom. The van der Waals surface area contributed by atoms with Gasteiger partial charge in [0, 0.05) is 0 Å². The maximum Gasteiger partial charge on any atom is 0.125 e. The number of methoxy groups -OCH3 is 1. The quantitative estimate of drug-likeness (QED) is 0.571. The molecule has 0 N–H and O–H groups in total. The number of benzene rings is 1. The summed E-state index contributed by atoms with van der Waals surface area (Å²) in [6.07, 6.45) is 0. The molecule has 0 aliphatic rings. The van der Waals surface area contributed by atoms with Crippen molar-refractivity contribution in [2.75, 3.05) is 7.11 Å². The van der Waals surface area contributed by atoms with Gasteiger partial charge in [-0.1, -0.05) is 18.2 Å². The second-order valence-corrected chi connectivity index (χ2v) is 2.11. The van der Waals surface area contributed by atoms with E-state index in [-0.39, 0.29) is 0 Å². The standard InChI is InChI=1S/C9H10O/c1-7-5-4-6-8(2)9(7)10-3/h4-6H,1-2H2,3H3. The third-order valence-corrected chi connectivity index (χ3v) is 1.38. The molecule has 52 valence electrons. The lowest BCUT2D eigenvalue weighted by atomic mass is 10.1. The minimum atomic E-state index is 0.780. The molecule has 0 atom stereocenters. The molecule has 0 saturated heterocycles. The minimum absolute atomic E-state index is 0.780. The Balaban J connectivity index is 3.17. The van der Waals surface area contributed by atoms with E-state index >= 15 is 0 Å². The van der Waals surface area contributed by atoms with E-state index in [1.165, 1.54) is 0 Å². The first kappa shape index (κ1) is 7.13. The summed E-state index contributed by atoms with van der Waals surface area (Å²) in [7, 11) is 1.62. The molecule has 10 heavy (non-hydrogen) atoms. The van der Waals surface area contributed by atoms with E-state index in [0.717, 1.165) is 16.9 Å². The lowest BCUT2D eigenvalue weighted by molar-refractivity contribution is 0.411. The Morgan fingerprint density at radius 1 is 1.20 bits per heavy atom. The highest BCUT2D eigenvalue weighted by Gasteiger charge is 1.98. The minimum Gasteiger partial charge on any atom is -0.496 e. The number of para-hydroxylation sites is 1. The molecule has 0 bridgehead atoms. The summed E-state index contributed by atoms with van der Waals surface area (Å²) in [6, 6.07) is 5.70. The van der Waals surface area contributed by atoms with Crippen LogP contribution in [0, 0.1) is 13.8 Å². The van der Waals surface area contributed by atoms with Crippen LogP contribution in [0.25, 0.3) is 0 Å². The SMILES string of the molecule is [CH2]c1cccc([CH2])c1OC. The zero-order valence-corrected chi connectivity index (χ0v) is 6.05. The van der Waals surface area contributed by atoms with E-state index in [0.29, 0.717) is 0 Å². The van der Waals surface area contributed by atoms with Crippen molar-refractivity contribution < 1.29 is 4.74 Å². The molecule has 0 unspecified atom stereocenters. The van der Waals surface area contributed by atoms with Crippen LogP contribution in [0.15, 0.2) is 18.2 Å². The summed E-state index contributed by atoms with van der Waals surface area (Å²) < 4.78 is 5.05. The molecular formula is C9H10O. The molecule has 0 saturated carbocycles. The second-order valence-electron chi connectivity index (χ2n) is 2.11.